The normalized spacial score (nSPS) is 12.7. The first-order valence-corrected chi connectivity index (χ1v) is 9.90. The van der Waals surface area contributed by atoms with Gasteiger partial charge in [0.1, 0.15) is 10.7 Å². The number of hydrogen-bond donors (Lipinski definition) is 4. The number of halogens is 3. The maximum atomic E-state index is 11.5. The molecule has 12 heteroatoms. The highest BCUT2D eigenvalue weighted by molar-refractivity contribution is 9.10. The molecule has 2 rings (SSSR count). The highest BCUT2D eigenvalue weighted by Crippen LogP contribution is 2.33. The van der Waals surface area contributed by atoms with Gasteiger partial charge < -0.3 is 15.7 Å². The zero-order valence-electron chi connectivity index (χ0n) is 12.8. The lowest BCUT2D eigenvalue weighted by atomic mass is 10.3. The molecule has 1 heterocycles. The number of nitrogens with zero attached hydrogens (tertiary/aromatic N) is 2. The number of nitrogens with one attached hydrogen (secondary N) is 2. The summed E-state index contributed by atoms with van der Waals surface area (Å²) in [6.45, 7) is 1.71. The minimum Gasteiger partial charge on any atom is -0.394 e. The van der Waals surface area contributed by atoms with Gasteiger partial charge in [-0.2, -0.15) is 4.98 Å². The fraction of sp³-hybridized carbons (Fsp3) is 0.231. The molecule has 1 aromatic heterocycles. The van der Waals surface area contributed by atoms with Gasteiger partial charge in [-0.1, -0.05) is 23.2 Å². The number of rotatable bonds is 6. The lowest BCUT2D eigenvalue weighted by molar-refractivity contribution is 0.281. The van der Waals surface area contributed by atoms with E-state index in [9.17, 15) is 8.42 Å². The van der Waals surface area contributed by atoms with Crippen LogP contribution in [0.2, 0.25) is 10.0 Å². The molecule has 0 unspecified atom stereocenters. The van der Waals surface area contributed by atoms with Crippen molar-refractivity contribution < 1.29 is 13.5 Å². The number of sulfonamides is 1. The van der Waals surface area contributed by atoms with Crippen LogP contribution in [0.5, 0.6) is 0 Å². The van der Waals surface area contributed by atoms with Crippen LogP contribution in [0, 0.1) is 0 Å². The Morgan fingerprint density at radius 3 is 2.48 bits per heavy atom. The summed E-state index contributed by atoms with van der Waals surface area (Å²) >= 11 is 15.2. The van der Waals surface area contributed by atoms with Crippen LogP contribution >= 0.6 is 39.1 Å². The monoisotopic (exact) mass is 469 g/mol. The molecule has 25 heavy (non-hydrogen) atoms. The van der Waals surface area contributed by atoms with E-state index < -0.39 is 10.0 Å². The summed E-state index contributed by atoms with van der Waals surface area (Å²) in [5.41, 5.74) is 0.380. The van der Waals surface area contributed by atoms with Gasteiger partial charge in [-0.05, 0) is 35.0 Å². The molecule has 0 amide bonds. The minimum absolute atomic E-state index is 0.0700. The van der Waals surface area contributed by atoms with Gasteiger partial charge in [0, 0.05) is 17.9 Å². The largest absolute Gasteiger partial charge is 0.394 e. The molecule has 2 aromatic rings. The first-order valence-electron chi connectivity index (χ1n) is 6.80. The Kier molecular flexibility index (Phi) is 6.46. The highest BCUT2D eigenvalue weighted by atomic mass is 79.9. The standard InChI is InChI=1S/C13H14BrCl2N5O3S/c1-6(5-22)19-12-8(14)4-18-13(21-12)20-7-2-9(15)11(10(16)3-7)25(17,23)24/h2-4,6,22H,5H2,1H3,(H2,17,23,24)(H2,18,19,20,21)/t6-/m1/s1. The molecule has 0 radical (unpaired) electrons. The van der Waals surface area contributed by atoms with Gasteiger partial charge in [0.2, 0.25) is 16.0 Å². The van der Waals surface area contributed by atoms with Crippen LogP contribution in [0.15, 0.2) is 27.7 Å². The number of primary sulfonamides is 1. The highest BCUT2D eigenvalue weighted by Gasteiger charge is 2.19. The molecule has 0 saturated carbocycles. The topological polar surface area (TPSA) is 130 Å². The summed E-state index contributed by atoms with van der Waals surface area (Å²) < 4.78 is 23.6. The molecular weight excluding hydrogens is 457 g/mol. The van der Waals surface area contributed by atoms with Gasteiger partial charge in [-0.15, -0.1) is 0 Å². The first-order chi connectivity index (χ1) is 11.6. The Morgan fingerprint density at radius 2 is 1.96 bits per heavy atom. The second-order valence-corrected chi connectivity index (χ2v) is 8.22. The second-order valence-electron chi connectivity index (χ2n) is 5.06. The summed E-state index contributed by atoms with van der Waals surface area (Å²) in [5, 5.41) is 19.8. The van der Waals surface area contributed by atoms with Crippen LogP contribution in [-0.4, -0.2) is 36.1 Å². The molecule has 136 valence electrons. The van der Waals surface area contributed by atoms with Crippen LogP contribution in [0.25, 0.3) is 0 Å². The predicted molar refractivity (Wildman–Crippen MR) is 101 cm³/mol. The summed E-state index contributed by atoms with van der Waals surface area (Å²) in [5.74, 6) is 0.684. The van der Waals surface area contributed by atoms with E-state index in [1.54, 1.807) is 6.92 Å². The van der Waals surface area contributed by atoms with E-state index in [1.807, 2.05) is 0 Å². The Morgan fingerprint density at radius 1 is 1.36 bits per heavy atom. The first kappa shape index (κ1) is 20.1. The van der Waals surface area contributed by atoms with Crippen LogP contribution in [0.3, 0.4) is 0 Å². The molecule has 0 fully saturated rings. The van der Waals surface area contributed by atoms with Crippen LogP contribution in [0.1, 0.15) is 6.92 Å². The number of benzene rings is 1. The molecule has 0 aliphatic heterocycles. The maximum Gasteiger partial charge on any atom is 0.241 e. The van der Waals surface area contributed by atoms with Crippen LogP contribution in [-0.2, 0) is 10.0 Å². The van der Waals surface area contributed by atoms with Crippen molar-refractivity contribution in [2.75, 3.05) is 17.2 Å². The lowest BCUT2D eigenvalue weighted by Crippen LogP contribution is -2.20. The SMILES string of the molecule is C[C@H](CO)Nc1nc(Nc2cc(Cl)c(S(N)(=O)=O)c(Cl)c2)ncc1Br. The van der Waals surface area contributed by atoms with E-state index in [4.69, 9.17) is 33.4 Å². The molecule has 0 aliphatic rings. The van der Waals surface area contributed by atoms with Gasteiger partial charge >= 0.3 is 0 Å². The van der Waals surface area contributed by atoms with E-state index in [2.05, 4.69) is 36.5 Å². The zero-order valence-corrected chi connectivity index (χ0v) is 16.7. The van der Waals surface area contributed by atoms with E-state index in [-0.39, 0.29) is 33.5 Å². The van der Waals surface area contributed by atoms with Crippen molar-refractivity contribution in [3.05, 3.63) is 32.8 Å². The van der Waals surface area contributed by atoms with Gasteiger partial charge in [-0.25, -0.2) is 18.5 Å². The molecule has 1 atom stereocenters. The van der Waals surface area contributed by atoms with E-state index in [0.29, 0.717) is 16.0 Å². The molecule has 0 saturated heterocycles. The van der Waals surface area contributed by atoms with Crippen LogP contribution < -0.4 is 15.8 Å². The minimum atomic E-state index is -4.05. The van der Waals surface area contributed by atoms with E-state index >= 15 is 0 Å². The lowest BCUT2D eigenvalue weighted by Gasteiger charge is -2.14. The van der Waals surface area contributed by atoms with Gasteiger partial charge in [-0.3, -0.25) is 0 Å². The average molecular weight is 471 g/mol. The van der Waals surface area contributed by atoms with Crippen molar-refractivity contribution in [1.82, 2.24) is 9.97 Å². The Labute approximate surface area is 162 Å². The third-order valence-corrected chi connectivity index (χ3v) is 5.35. The fourth-order valence-corrected chi connectivity index (χ4v) is 3.94. The fourth-order valence-electron chi connectivity index (χ4n) is 1.84. The van der Waals surface area contributed by atoms with E-state index in [1.165, 1.54) is 18.3 Å². The Hall–Kier alpha value is -1.17. The summed E-state index contributed by atoms with van der Waals surface area (Å²) in [6.07, 6.45) is 1.52. The molecule has 0 bridgehead atoms. The number of hydrogen-bond acceptors (Lipinski definition) is 7. The number of aliphatic hydroxyl groups is 1. The van der Waals surface area contributed by atoms with Crippen LogP contribution in [0.4, 0.5) is 17.5 Å². The van der Waals surface area contributed by atoms with Crippen molar-refractivity contribution in [3.8, 4) is 0 Å². The van der Waals surface area contributed by atoms with Crippen molar-refractivity contribution >= 4 is 66.6 Å². The van der Waals surface area contributed by atoms with Gasteiger partial charge in [0.25, 0.3) is 0 Å². The average Bonchev–Trinajstić information content (AvgIpc) is 2.48. The van der Waals surface area contributed by atoms with Crippen molar-refractivity contribution in [1.29, 1.82) is 0 Å². The summed E-state index contributed by atoms with van der Waals surface area (Å²) in [7, 11) is -4.05. The quantitative estimate of drug-likeness (QED) is 0.510. The van der Waals surface area contributed by atoms with Crippen molar-refractivity contribution in [2.45, 2.75) is 17.9 Å². The van der Waals surface area contributed by atoms with E-state index in [0.717, 1.165) is 0 Å². The number of aliphatic hydroxyl groups excluding tert-OH is 1. The number of nitrogens with two attached hydrogens (primary N) is 1. The van der Waals surface area contributed by atoms with Crippen molar-refractivity contribution in [3.63, 3.8) is 0 Å². The van der Waals surface area contributed by atoms with Gasteiger partial charge in [0.05, 0.1) is 21.1 Å². The summed E-state index contributed by atoms with van der Waals surface area (Å²) in [6, 6.07) is 2.49. The second kappa shape index (κ2) is 8.02. The third kappa shape index (κ3) is 5.16. The number of aromatic nitrogens is 2. The molecule has 0 spiro atoms. The zero-order chi connectivity index (χ0) is 18.8. The molecule has 1 aromatic carbocycles. The van der Waals surface area contributed by atoms with Crippen molar-refractivity contribution in [2.24, 2.45) is 5.14 Å². The third-order valence-electron chi connectivity index (χ3n) is 2.94. The Balaban J connectivity index is 2.33. The smallest absolute Gasteiger partial charge is 0.241 e. The predicted octanol–water partition coefficient (Wildman–Crippen LogP) is 2.73. The maximum absolute atomic E-state index is 11.5. The number of anilines is 3. The molecular formula is C13H14BrCl2N5O3S. The summed E-state index contributed by atoms with van der Waals surface area (Å²) in [4.78, 5) is 8.01. The Bertz CT molecular complexity index is 874. The molecule has 8 nitrogen and oxygen atoms in total. The molecule has 0 aliphatic carbocycles. The van der Waals surface area contributed by atoms with Gasteiger partial charge in [0.15, 0.2) is 0 Å². The molecule has 5 N–H and O–H groups in total.